The van der Waals surface area contributed by atoms with Crippen molar-refractivity contribution in [2.45, 2.75) is 18.9 Å². The fourth-order valence-electron chi connectivity index (χ4n) is 1.27. The summed E-state index contributed by atoms with van der Waals surface area (Å²) in [6.07, 6.45) is 1.43. The number of amides is 1. The molecular formula is C10H13NO2S. The first kappa shape index (κ1) is 9.68. The van der Waals surface area contributed by atoms with Crippen molar-refractivity contribution in [3.8, 4) is 0 Å². The minimum Gasteiger partial charge on any atom is -0.387 e. The van der Waals surface area contributed by atoms with Crippen LogP contribution < -0.4 is 5.32 Å². The molecule has 0 aliphatic heterocycles. The standard InChI is InChI=1S/C10H13NO2S/c12-9(8-3-4-14-6-8)5-11-10(13)7-1-2-7/h3-4,6-7,9,12H,1-2,5H2,(H,11,13)/t9-/m1/s1. The molecule has 1 amide bonds. The topological polar surface area (TPSA) is 49.3 Å². The molecule has 1 aromatic rings. The van der Waals surface area contributed by atoms with Gasteiger partial charge in [-0.1, -0.05) is 0 Å². The molecule has 1 atom stereocenters. The summed E-state index contributed by atoms with van der Waals surface area (Å²) in [6.45, 7) is 0.325. The summed E-state index contributed by atoms with van der Waals surface area (Å²) in [5.41, 5.74) is 0.881. The van der Waals surface area contributed by atoms with E-state index in [0.717, 1.165) is 18.4 Å². The average molecular weight is 211 g/mol. The summed E-state index contributed by atoms with van der Waals surface area (Å²) >= 11 is 1.55. The van der Waals surface area contributed by atoms with E-state index in [-0.39, 0.29) is 11.8 Å². The van der Waals surface area contributed by atoms with Gasteiger partial charge in [-0.3, -0.25) is 4.79 Å². The van der Waals surface area contributed by atoms with Crippen LogP contribution in [0, 0.1) is 5.92 Å². The fourth-order valence-corrected chi connectivity index (χ4v) is 1.98. The highest BCUT2D eigenvalue weighted by atomic mass is 32.1. The van der Waals surface area contributed by atoms with E-state index in [2.05, 4.69) is 5.32 Å². The number of rotatable bonds is 4. The van der Waals surface area contributed by atoms with Crippen molar-refractivity contribution in [3.05, 3.63) is 22.4 Å². The largest absolute Gasteiger partial charge is 0.387 e. The number of hydrogen-bond donors (Lipinski definition) is 2. The molecule has 0 bridgehead atoms. The summed E-state index contributed by atoms with van der Waals surface area (Å²) in [5, 5.41) is 16.2. The summed E-state index contributed by atoms with van der Waals surface area (Å²) in [5.74, 6) is 0.295. The van der Waals surface area contributed by atoms with Gasteiger partial charge < -0.3 is 10.4 Å². The third-order valence-electron chi connectivity index (χ3n) is 2.35. The molecule has 0 unspecified atom stereocenters. The van der Waals surface area contributed by atoms with Crippen molar-refractivity contribution < 1.29 is 9.90 Å². The van der Waals surface area contributed by atoms with Crippen molar-refractivity contribution in [2.75, 3.05) is 6.54 Å². The summed E-state index contributed by atoms with van der Waals surface area (Å²) < 4.78 is 0. The number of aliphatic hydroxyl groups is 1. The third-order valence-corrected chi connectivity index (χ3v) is 3.05. The van der Waals surface area contributed by atoms with Gasteiger partial charge in [0.15, 0.2) is 0 Å². The molecule has 1 aliphatic carbocycles. The Morgan fingerprint density at radius 1 is 1.71 bits per heavy atom. The Kier molecular flexibility index (Phi) is 2.84. The zero-order valence-electron chi connectivity index (χ0n) is 7.77. The summed E-state index contributed by atoms with van der Waals surface area (Å²) in [6, 6.07) is 1.87. The molecule has 1 aromatic heterocycles. The van der Waals surface area contributed by atoms with Crippen LogP contribution in [0.15, 0.2) is 16.8 Å². The minimum absolute atomic E-state index is 0.0827. The zero-order chi connectivity index (χ0) is 9.97. The first-order valence-electron chi connectivity index (χ1n) is 4.75. The SMILES string of the molecule is O=C(NC[C@@H](O)c1ccsc1)C1CC1. The van der Waals surface area contributed by atoms with Crippen LogP contribution in [0.1, 0.15) is 24.5 Å². The van der Waals surface area contributed by atoms with Gasteiger partial charge in [0.1, 0.15) is 0 Å². The van der Waals surface area contributed by atoms with Gasteiger partial charge in [-0.15, -0.1) is 0 Å². The fraction of sp³-hybridized carbons (Fsp3) is 0.500. The minimum atomic E-state index is -0.566. The molecule has 0 aromatic carbocycles. The smallest absolute Gasteiger partial charge is 0.223 e. The van der Waals surface area contributed by atoms with E-state index in [1.807, 2.05) is 16.8 Å². The van der Waals surface area contributed by atoms with Gasteiger partial charge in [0.05, 0.1) is 6.10 Å². The molecule has 1 heterocycles. The summed E-state index contributed by atoms with van der Waals surface area (Å²) in [4.78, 5) is 11.3. The van der Waals surface area contributed by atoms with E-state index in [1.54, 1.807) is 11.3 Å². The number of carbonyl (C=O) groups is 1. The predicted octanol–water partition coefficient (Wildman–Crippen LogP) is 1.31. The van der Waals surface area contributed by atoms with Gasteiger partial charge in [-0.05, 0) is 35.2 Å². The van der Waals surface area contributed by atoms with Gasteiger partial charge in [0.25, 0.3) is 0 Å². The Morgan fingerprint density at radius 3 is 3.07 bits per heavy atom. The van der Waals surface area contributed by atoms with Crippen molar-refractivity contribution in [3.63, 3.8) is 0 Å². The highest BCUT2D eigenvalue weighted by Crippen LogP contribution is 2.28. The van der Waals surface area contributed by atoms with Gasteiger partial charge >= 0.3 is 0 Å². The lowest BCUT2D eigenvalue weighted by Gasteiger charge is -2.09. The van der Waals surface area contributed by atoms with Crippen LogP contribution >= 0.6 is 11.3 Å². The maximum absolute atomic E-state index is 11.3. The van der Waals surface area contributed by atoms with Crippen LogP contribution in [0.3, 0.4) is 0 Å². The number of thiophene rings is 1. The normalized spacial score (nSPS) is 17.8. The van der Waals surface area contributed by atoms with E-state index in [0.29, 0.717) is 6.54 Å². The van der Waals surface area contributed by atoms with E-state index in [1.165, 1.54) is 0 Å². The van der Waals surface area contributed by atoms with Crippen LogP contribution in [0.25, 0.3) is 0 Å². The first-order valence-corrected chi connectivity index (χ1v) is 5.69. The van der Waals surface area contributed by atoms with Crippen LogP contribution in [-0.2, 0) is 4.79 Å². The molecule has 4 heteroatoms. The highest BCUT2D eigenvalue weighted by molar-refractivity contribution is 7.07. The molecular weight excluding hydrogens is 198 g/mol. The molecule has 2 N–H and O–H groups in total. The Bertz CT molecular complexity index is 306. The molecule has 0 saturated heterocycles. The van der Waals surface area contributed by atoms with Crippen molar-refractivity contribution >= 4 is 17.2 Å². The second kappa shape index (κ2) is 4.11. The zero-order valence-corrected chi connectivity index (χ0v) is 8.59. The number of aliphatic hydroxyl groups excluding tert-OH is 1. The molecule has 1 aliphatic rings. The maximum Gasteiger partial charge on any atom is 0.223 e. The maximum atomic E-state index is 11.3. The Labute approximate surface area is 86.8 Å². The van der Waals surface area contributed by atoms with E-state index in [9.17, 15) is 9.90 Å². The van der Waals surface area contributed by atoms with Gasteiger partial charge in [-0.2, -0.15) is 11.3 Å². The first-order chi connectivity index (χ1) is 6.77. The van der Waals surface area contributed by atoms with Gasteiger partial charge in [0, 0.05) is 12.5 Å². The number of hydrogen-bond acceptors (Lipinski definition) is 3. The van der Waals surface area contributed by atoms with Crippen molar-refractivity contribution in [2.24, 2.45) is 5.92 Å². The van der Waals surface area contributed by atoms with Gasteiger partial charge in [-0.25, -0.2) is 0 Å². The lowest BCUT2D eigenvalue weighted by Crippen LogP contribution is -2.29. The summed E-state index contributed by atoms with van der Waals surface area (Å²) in [7, 11) is 0. The Morgan fingerprint density at radius 2 is 2.50 bits per heavy atom. The molecule has 76 valence electrons. The Hall–Kier alpha value is -0.870. The molecule has 1 saturated carbocycles. The molecule has 0 spiro atoms. The molecule has 14 heavy (non-hydrogen) atoms. The van der Waals surface area contributed by atoms with Crippen LogP contribution in [0.2, 0.25) is 0 Å². The lowest BCUT2D eigenvalue weighted by atomic mass is 10.2. The second-order valence-electron chi connectivity index (χ2n) is 3.59. The molecule has 2 rings (SSSR count). The van der Waals surface area contributed by atoms with Gasteiger partial charge in [0.2, 0.25) is 5.91 Å². The average Bonchev–Trinajstić information content (AvgIpc) is 2.90. The van der Waals surface area contributed by atoms with E-state index < -0.39 is 6.10 Å². The third kappa shape index (κ3) is 2.33. The van der Waals surface area contributed by atoms with E-state index >= 15 is 0 Å². The monoisotopic (exact) mass is 211 g/mol. The van der Waals surface area contributed by atoms with E-state index in [4.69, 9.17) is 0 Å². The van der Waals surface area contributed by atoms with Crippen molar-refractivity contribution in [1.29, 1.82) is 0 Å². The molecule has 1 fully saturated rings. The Balaban J connectivity index is 1.77. The number of carbonyl (C=O) groups excluding carboxylic acids is 1. The van der Waals surface area contributed by atoms with Crippen LogP contribution in [0.5, 0.6) is 0 Å². The van der Waals surface area contributed by atoms with Crippen molar-refractivity contribution in [1.82, 2.24) is 5.32 Å². The molecule has 3 nitrogen and oxygen atoms in total. The molecule has 0 radical (unpaired) electrons. The number of nitrogens with one attached hydrogen (secondary N) is 1. The quantitative estimate of drug-likeness (QED) is 0.789. The highest BCUT2D eigenvalue weighted by Gasteiger charge is 2.29. The van der Waals surface area contributed by atoms with Crippen LogP contribution in [-0.4, -0.2) is 17.6 Å². The van der Waals surface area contributed by atoms with Crippen LogP contribution in [0.4, 0.5) is 0 Å². The lowest BCUT2D eigenvalue weighted by molar-refractivity contribution is -0.122. The second-order valence-corrected chi connectivity index (χ2v) is 4.37. The predicted molar refractivity (Wildman–Crippen MR) is 55.0 cm³/mol.